The van der Waals surface area contributed by atoms with E-state index in [0.717, 1.165) is 0 Å². The van der Waals surface area contributed by atoms with Crippen LogP contribution in [-0.4, -0.2) is 31.4 Å². The summed E-state index contributed by atoms with van der Waals surface area (Å²) in [4.78, 5) is 25.1. The van der Waals surface area contributed by atoms with Crippen molar-refractivity contribution in [3.05, 3.63) is 29.6 Å². The minimum atomic E-state index is -0.412. The molecule has 1 aromatic rings. The van der Waals surface area contributed by atoms with Gasteiger partial charge in [-0.05, 0) is 44.9 Å². The summed E-state index contributed by atoms with van der Waals surface area (Å²) in [6.45, 7) is 4.92. The maximum absolute atomic E-state index is 13.6. The van der Waals surface area contributed by atoms with Crippen molar-refractivity contribution in [1.82, 2.24) is 0 Å². The Kier molecular flexibility index (Phi) is 4.94. The highest BCUT2D eigenvalue weighted by Crippen LogP contribution is 2.26. The summed E-state index contributed by atoms with van der Waals surface area (Å²) in [6, 6.07) is 4.38. The van der Waals surface area contributed by atoms with Gasteiger partial charge in [0.1, 0.15) is 5.82 Å². The number of benzene rings is 1. The zero-order valence-electron chi connectivity index (χ0n) is 12.4. The molecule has 1 fully saturated rings. The van der Waals surface area contributed by atoms with Crippen LogP contribution in [-0.2, 0) is 9.53 Å². The summed E-state index contributed by atoms with van der Waals surface area (Å²) in [6.07, 6.45) is 1.37. The average Bonchev–Trinajstić information content (AvgIpc) is 2.47. The Morgan fingerprint density at radius 1 is 1.29 bits per heavy atom. The zero-order chi connectivity index (χ0) is 15.4. The fourth-order valence-electron chi connectivity index (χ4n) is 2.59. The van der Waals surface area contributed by atoms with Gasteiger partial charge in [-0.2, -0.15) is 0 Å². The molecule has 1 aromatic carbocycles. The lowest BCUT2D eigenvalue weighted by molar-refractivity contribution is -0.148. The molecule has 0 spiro atoms. The van der Waals surface area contributed by atoms with Crippen LogP contribution >= 0.6 is 0 Å². The molecule has 1 aliphatic heterocycles. The van der Waals surface area contributed by atoms with Crippen molar-refractivity contribution in [3.63, 3.8) is 0 Å². The Balaban J connectivity index is 2.05. The van der Waals surface area contributed by atoms with Crippen LogP contribution in [0.4, 0.5) is 10.1 Å². The first-order chi connectivity index (χ1) is 10.0. The number of nitrogens with zero attached hydrogens (tertiary/aromatic N) is 1. The summed E-state index contributed by atoms with van der Waals surface area (Å²) in [5, 5.41) is 0. The molecule has 1 saturated heterocycles. The Morgan fingerprint density at radius 3 is 2.52 bits per heavy atom. The molecule has 0 radical (unpaired) electrons. The van der Waals surface area contributed by atoms with Gasteiger partial charge in [0.05, 0.1) is 12.5 Å². The number of halogens is 1. The second-order valence-electron chi connectivity index (χ2n) is 5.27. The Labute approximate surface area is 123 Å². The predicted octanol–water partition coefficient (Wildman–Crippen LogP) is 2.81. The lowest BCUT2D eigenvalue weighted by atomic mass is 9.96. The van der Waals surface area contributed by atoms with E-state index in [1.807, 2.05) is 4.90 Å². The smallest absolute Gasteiger partial charge is 0.309 e. The highest BCUT2D eigenvalue weighted by Gasteiger charge is 2.26. The largest absolute Gasteiger partial charge is 0.466 e. The van der Waals surface area contributed by atoms with E-state index < -0.39 is 5.82 Å². The minimum absolute atomic E-state index is 0.0814. The van der Waals surface area contributed by atoms with Crippen molar-refractivity contribution in [2.75, 3.05) is 24.6 Å². The second-order valence-corrected chi connectivity index (χ2v) is 5.27. The molecule has 114 valence electrons. The number of rotatable bonds is 4. The van der Waals surface area contributed by atoms with Gasteiger partial charge in [-0.15, -0.1) is 0 Å². The fourth-order valence-corrected chi connectivity index (χ4v) is 2.59. The van der Waals surface area contributed by atoms with E-state index in [1.54, 1.807) is 13.0 Å². The number of ketones is 1. The van der Waals surface area contributed by atoms with Crippen molar-refractivity contribution in [1.29, 1.82) is 0 Å². The third kappa shape index (κ3) is 3.80. The van der Waals surface area contributed by atoms with Crippen LogP contribution in [0.3, 0.4) is 0 Å². The quantitative estimate of drug-likeness (QED) is 0.632. The third-order valence-corrected chi connectivity index (χ3v) is 3.77. The number of anilines is 1. The maximum atomic E-state index is 13.6. The van der Waals surface area contributed by atoms with Gasteiger partial charge in [0, 0.05) is 24.3 Å². The molecule has 0 bridgehead atoms. The van der Waals surface area contributed by atoms with Crippen molar-refractivity contribution in [3.8, 4) is 0 Å². The molecule has 0 amide bonds. The standard InChI is InChI=1S/C16H20FNO3/c1-3-21-16(20)12-4-6-18(7-5-12)15-9-13(11(2)19)8-14(17)10-15/h8-10,12H,3-7H2,1-2H3. The number of piperidine rings is 1. The SMILES string of the molecule is CCOC(=O)C1CCN(c2cc(F)cc(C(C)=O)c2)CC1. The van der Waals surface area contributed by atoms with Gasteiger partial charge in [0.15, 0.2) is 5.78 Å². The number of carbonyl (C=O) groups excluding carboxylic acids is 2. The Morgan fingerprint density at radius 2 is 1.95 bits per heavy atom. The van der Waals surface area contributed by atoms with E-state index >= 15 is 0 Å². The van der Waals surface area contributed by atoms with Crippen LogP contribution in [0, 0.1) is 11.7 Å². The van der Waals surface area contributed by atoms with Crippen LogP contribution < -0.4 is 4.90 Å². The molecule has 1 aliphatic rings. The van der Waals surface area contributed by atoms with Gasteiger partial charge in [-0.3, -0.25) is 9.59 Å². The number of ether oxygens (including phenoxy) is 1. The first-order valence-electron chi connectivity index (χ1n) is 7.24. The van der Waals surface area contributed by atoms with Crippen LogP contribution in [0.5, 0.6) is 0 Å². The molecule has 4 nitrogen and oxygen atoms in total. The van der Waals surface area contributed by atoms with E-state index in [2.05, 4.69) is 0 Å². The molecule has 0 atom stereocenters. The highest BCUT2D eigenvalue weighted by molar-refractivity contribution is 5.95. The molecule has 0 aliphatic carbocycles. The third-order valence-electron chi connectivity index (χ3n) is 3.77. The molecule has 0 N–H and O–H groups in total. The minimum Gasteiger partial charge on any atom is -0.466 e. The van der Waals surface area contributed by atoms with Crippen LogP contribution in [0.2, 0.25) is 0 Å². The summed E-state index contributed by atoms with van der Waals surface area (Å²) in [5.41, 5.74) is 1.07. The lowest BCUT2D eigenvalue weighted by Gasteiger charge is -2.32. The van der Waals surface area contributed by atoms with E-state index in [4.69, 9.17) is 4.74 Å². The normalized spacial score (nSPS) is 15.9. The molecule has 5 heteroatoms. The summed E-state index contributed by atoms with van der Waals surface area (Å²) in [7, 11) is 0. The van der Waals surface area contributed by atoms with Crippen LogP contribution in [0.15, 0.2) is 18.2 Å². The first kappa shape index (κ1) is 15.5. The van der Waals surface area contributed by atoms with E-state index in [1.165, 1.54) is 19.1 Å². The van der Waals surface area contributed by atoms with Gasteiger partial charge in [0.2, 0.25) is 0 Å². The van der Waals surface area contributed by atoms with Gasteiger partial charge in [0.25, 0.3) is 0 Å². The number of esters is 1. The monoisotopic (exact) mass is 293 g/mol. The number of Topliss-reactive ketones (excluding diaryl/α,β-unsaturated/α-hetero) is 1. The summed E-state index contributed by atoms with van der Waals surface area (Å²) in [5.74, 6) is -0.801. The van der Waals surface area contributed by atoms with Crippen LogP contribution in [0.25, 0.3) is 0 Å². The van der Waals surface area contributed by atoms with Crippen LogP contribution in [0.1, 0.15) is 37.0 Å². The highest BCUT2D eigenvalue weighted by atomic mass is 19.1. The van der Waals surface area contributed by atoms with Crippen molar-refractivity contribution in [2.45, 2.75) is 26.7 Å². The zero-order valence-corrected chi connectivity index (χ0v) is 12.4. The number of carbonyl (C=O) groups is 2. The molecular weight excluding hydrogens is 273 g/mol. The first-order valence-corrected chi connectivity index (χ1v) is 7.24. The van der Waals surface area contributed by atoms with Crippen molar-refractivity contribution < 1.29 is 18.7 Å². The second kappa shape index (κ2) is 6.70. The Bertz CT molecular complexity index is 536. The van der Waals surface area contributed by atoms with E-state index in [9.17, 15) is 14.0 Å². The number of hydrogen-bond donors (Lipinski definition) is 0. The molecule has 1 heterocycles. The molecular formula is C16H20FNO3. The average molecular weight is 293 g/mol. The molecule has 0 saturated carbocycles. The maximum Gasteiger partial charge on any atom is 0.309 e. The van der Waals surface area contributed by atoms with E-state index in [-0.39, 0.29) is 17.7 Å². The summed E-state index contributed by atoms with van der Waals surface area (Å²) < 4.78 is 18.6. The van der Waals surface area contributed by atoms with Crippen molar-refractivity contribution in [2.24, 2.45) is 5.92 Å². The van der Waals surface area contributed by atoms with Gasteiger partial charge in [-0.1, -0.05) is 0 Å². The topological polar surface area (TPSA) is 46.6 Å². The summed E-state index contributed by atoms with van der Waals surface area (Å²) >= 11 is 0. The molecule has 2 rings (SSSR count). The van der Waals surface area contributed by atoms with Crippen molar-refractivity contribution >= 4 is 17.4 Å². The number of hydrogen-bond acceptors (Lipinski definition) is 4. The van der Waals surface area contributed by atoms with Gasteiger partial charge >= 0.3 is 5.97 Å². The van der Waals surface area contributed by atoms with Gasteiger partial charge < -0.3 is 9.64 Å². The molecule has 0 aromatic heterocycles. The molecule has 21 heavy (non-hydrogen) atoms. The predicted molar refractivity (Wildman–Crippen MR) is 78.0 cm³/mol. The fraction of sp³-hybridized carbons (Fsp3) is 0.500. The van der Waals surface area contributed by atoms with Gasteiger partial charge in [-0.25, -0.2) is 4.39 Å². The molecule has 0 unspecified atom stereocenters. The lowest BCUT2D eigenvalue weighted by Crippen LogP contribution is -2.37. The van der Waals surface area contributed by atoms with E-state index in [0.29, 0.717) is 43.8 Å². The Hall–Kier alpha value is -1.91.